The van der Waals surface area contributed by atoms with E-state index in [1.165, 1.54) is 31.5 Å². The van der Waals surface area contributed by atoms with Gasteiger partial charge >= 0.3 is 0 Å². The smallest absolute Gasteiger partial charge is 0.283 e. The minimum atomic E-state index is 0.435. The van der Waals surface area contributed by atoms with Crippen LogP contribution in [0.3, 0.4) is 0 Å². The van der Waals surface area contributed by atoms with Gasteiger partial charge in [0.25, 0.3) is 5.89 Å². The first kappa shape index (κ1) is 16.6. The molecule has 0 aromatic carbocycles. The number of aromatic nitrogens is 3. The highest BCUT2D eigenvalue weighted by atomic mass is 16.4. The maximum absolute atomic E-state index is 5.88. The number of pyridine rings is 1. The van der Waals surface area contributed by atoms with Crippen molar-refractivity contribution in [2.75, 3.05) is 19.6 Å². The van der Waals surface area contributed by atoms with Gasteiger partial charge < -0.3 is 13.7 Å². The molecular weight excluding hydrogens is 342 g/mol. The lowest BCUT2D eigenvalue weighted by atomic mass is 9.83. The fraction of sp³-hybridized carbons (Fsp3) is 0.450. The van der Waals surface area contributed by atoms with Crippen LogP contribution >= 0.6 is 0 Å². The predicted octanol–water partition coefficient (Wildman–Crippen LogP) is 2.82. The Kier molecular flexibility index (Phi) is 4.47. The maximum atomic E-state index is 5.88. The van der Waals surface area contributed by atoms with Crippen molar-refractivity contribution >= 4 is 0 Å². The van der Waals surface area contributed by atoms with Crippen molar-refractivity contribution < 1.29 is 8.83 Å². The Morgan fingerprint density at radius 1 is 1.11 bits per heavy atom. The summed E-state index contributed by atoms with van der Waals surface area (Å²) in [6, 6.07) is 8.28. The lowest BCUT2D eigenvalue weighted by Crippen LogP contribution is -2.56. The Labute approximate surface area is 158 Å². The number of rotatable bonds is 6. The van der Waals surface area contributed by atoms with Crippen molar-refractivity contribution in [3.63, 3.8) is 0 Å². The number of piperidine rings is 3. The van der Waals surface area contributed by atoms with E-state index >= 15 is 0 Å². The van der Waals surface area contributed by atoms with E-state index in [9.17, 15) is 0 Å². The summed E-state index contributed by atoms with van der Waals surface area (Å²) >= 11 is 0. The molecule has 0 radical (unpaired) electrons. The van der Waals surface area contributed by atoms with Crippen molar-refractivity contribution in [1.29, 1.82) is 0 Å². The van der Waals surface area contributed by atoms with Crippen LogP contribution < -0.4 is 0 Å². The van der Waals surface area contributed by atoms with Gasteiger partial charge in [0, 0.05) is 31.5 Å². The Morgan fingerprint density at radius 3 is 2.74 bits per heavy atom. The molecule has 3 aromatic rings. The molecule has 140 valence electrons. The molecular formula is C20H23N5O2. The zero-order chi connectivity index (χ0) is 18.1. The lowest BCUT2D eigenvalue weighted by molar-refractivity contribution is -0.00590. The third-order valence-corrected chi connectivity index (χ3v) is 5.74. The number of hydrogen-bond donors (Lipinski definition) is 0. The van der Waals surface area contributed by atoms with Crippen molar-refractivity contribution in [2.45, 2.75) is 32.0 Å². The molecule has 3 saturated heterocycles. The quantitative estimate of drug-likeness (QED) is 0.665. The molecule has 7 nitrogen and oxygen atoms in total. The molecule has 0 saturated carbocycles. The second-order valence-corrected chi connectivity index (χ2v) is 7.45. The van der Waals surface area contributed by atoms with E-state index in [2.05, 4.69) is 31.0 Å². The SMILES string of the molecule is c1cncc(CN(Cc2nnc(-c3ccco3)o2)C2CN3CCC2CC3)c1. The molecule has 3 aliphatic heterocycles. The number of nitrogens with zero attached hydrogens (tertiary/aromatic N) is 5. The standard InChI is InChI=1S/C20H23N5O2/c1-3-15(11-21-7-1)12-25(17-13-24-8-5-16(17)6-9-24)14-19-22-23-20(27-19)18-4-2-10-26-18/h1-4,7,10-11,16-17H,5-6,8-9,12-14H2. The molecule has 1 atom stereocenters. The zero-order valence-corrected chi connectivity index (χ0v) is 15.2. The zero-order valence-electron chi connectivity index (χ0n) is 15.2. The van der Waals surface area contributed by atoms with Gasteiger partial charge in [-0.1, -0.05) is 6.07 Å². The van der Waals surface area contributed by atoms with Gasteiger partial charge in [-0.25, -0.2) is 0 Å². The van der Waals surface area contributed by atoms with E-state index in [1.807, 2.05) is 30.6 Å². The molecule has 2 bridgehead atoms. The van der Waals surface area contributed by atoms with Gasteiger partial charge in [0.1, 0.15) is 0 Å². The van der Waals surface area contributed by atoms with Crippen LogP contribution in [0.5, 0.6) is 0 Å². The molecule has 6 rings (SSSR count). The average molecular weight is 365 g/mol. The van der Waals surface area contributed by atoms with Gasteiger partial charge in [-0.05, 0) is 55.6 Å². The Morgan fingerprint density at radius 2 is 2.04 bits per heavy atom. The second kappa shape index (κ2) is 7.25. The summed E-state index contributed by atoms with van der Waals surface area (Å²) in [5.41, 5.74) is 1.21. The molecule has 3 aliphatic rings. The molecule has 0 spiro atoms. The van der Waals surface area contributed by atoms with E-state index < -0.39 is 0 Å². The summed E-state index contributed by atoms with van der Waals surface area (Å²) in [4.78, 5) is 9.33. The van der Waals surface area contributed by atoms with Gasteiger partial charge in [0.05, 0.1) is 12.8 Å². The second-order valence-electron chi connectivity index (χ2n) is 7.45. The Balaban J connectivity index is 1.38. The van der Waals surface area contributed by atoms with E-state index in [4.69, 9.17) is 8.83 Å². The van der Waals surface area contributed by atoms with Crippen molar-refractivity contribution in [1.82, 2.24) is 25.0 Å². The van der Waals surface area contributed by atoms with Gasteiger partial charge in [0.15, 0.2) is 5.76 Å². The molecule has 0 N–H and O–H groups in total. The van der Waals surface area contributed by atoms with Gasteiger partial charge in [-0.2, -0.15) is 0 Å². The van der Waals surface area contributed by atoms with E-state index in [1.54, 1.807) is 6.26 Å². The highest BCUT2D eigenvalue weighted by Gasteiger charge is 2.38. The van der Waals surface area contributed by atoms with Gasteiger partial charge in [-0.3, -0.25) is 9.88 Å². The first-order valence-corrected chi connectivity index (χ1v) is 9.57. The fourth-order valence-corrected chi connectivity index (χ4v) is 4.36. The predicted molar refractivity (Wildman–Crippen MR) is 98.4 cm³/mol. The number of furan rings is 1. The monoisotopic (exact) mass is 365 g/mol. The van der Waals surface area contributed by atoms with Crippen LogP contribution in [-0.2, 0) is 13.1 Å². The summed E-state index contributed by atoms with van der Waals surface area (Å²) in [6.07, 6.45) is 7.92. The summed E-state index contributed by atoms with van der Waals surface area (Å²) < 4.78 is 11.2. The van der Waals surface area contributed by atoms with Crippen molar-refractivity contribution in [3.8, 4) is 11.7 Å². The molecule has 7 heteroatoms. The highest BCUT2D eigenvalue weighted by molar-refractivity contribution is 5.42. The Bertz CT molecular complexity index is 856. The molecule has 27 heavy (non-hydrogen) atoms. The molecule has 1 unspecified atom stereocenters. The summed E-state index contributed by atoms with van der Waals surface area (Å²) in [5.74, 6) is 2.40. The first-order valence-electron chi connectivity index (χ1n) is 9.57. The van der Waals surface area contributed by atoms with Gasteiger partial charge in [-0.15, -0.1) is 10.2 Å². The third-order valence-electron chi connectivity index (χ3n) is 5.74. The minimum Gasteiger partial charge on any atom is -0.459 e. The lowest BCUT2D eigenvalue weighted by Gasteiger charge is -2.48. The van der Waals surface area contributed by atoms with Crippen LogP contribution in [0.4, 0.5) is 0 Å². The van der Waals surface area contributed by atoms with Crippen LogP contribution in [-0.4, -0.2) is 50.7 Å². The van der Waals surface area contributed by atoms with Crippen LogP contribution in [0, 0.1) is 5.92 Å². The average Bonchev–Trinajstić information content (AvgIpc) is 3.41. The van der Waals surface area contributed by atoms with Crippen LogP contribution in [0.25, 0.3) is 11.7 Å². The molecule has 6 heterocycles. The largest absolute Gasteiger partial charge is 0.459 e. The number of hydrogen-bond acceptors (Lipinski definition) is 7. The van der Waals surface area contributed by atoms with E-state index in [0.717, 1.165) is 19.0 Å². The van der Waals surface area contributed by atoms with Crippen LogP contribution in [0.15, 0.2) is 51.8 Å². The van der Waals surface area contributed by atoms with E-state index in [-0.39, 0.29) is 0 Å². The molecule has 0 aliphatic carbocycles. The fourth-order valence-electron chi connectivity index (χ4n) is 4.36. The summed E-state index contributed by atoms with van der Waals surface area (Å²) in [5, 5.41) is 8.41. The van der Waals surface area contributed by atoms with Crippen molar-refractivity contribution in [3.05, 3.63) is 54.4 Å². The van der Waals surface area contributed by atoms with Gasteiger partial charge in [0.2, 0.25) is 5.89 Å². The molecule has 3 aromatic heterocycles. The number of fused-ring (bicyclic) bond motifs is 3. The maximum Gasteiger partial charge on any atom is 0.283 e. The summed E-state index contributed by atoms with van der Waals surface area (Å²) in [6.45, 7) is 5.04. The highest BCUT2D eigenvalue weighted by Crippen LogP contribution is 2.32. The van der Waals surface area contributed by atoms with Crippen LogP contribution in [0.1, 0.15) is 24.3 Å². The normalized spacial score (nSPS) is 24.6. The third kappa shape index (κ3) is 3.52. The molecule has 0 amide bonds. The topological polar surface area (TPSA) is 71.4 Å². The minimum absolute atomic E-state index is 0.435. The van der Waals surface area contributed by atoms with E-state index in [0.29, 0.717) is 30.1 Å². The molecule has 3 fully saturated rings. The van der Waals surface area contributed by atoms with Crippen LogP contribution in [0.2, 0.25) is 0 Å². The Hall–Kier alpha value is -2.51. The summed E-state index contributed by atoms with van der Waals surface area (Å²) in [7, 11) is 0. The first-order chi connectivity index (χ1) is 13.3. The van der Waals surface area contributed by atoms with Crippen molar-refractivity contribution in [2.24, 2.45) is 5.92 Å².